The van der Waals surface area contributed by atoms with Gasteiger partial charge >= 0.3 is 0 Å². The molecule has 1 aromatic heterocycles. The standard InChI is InChI=1S/C13H24N4/c1-6-10(4)7-17(5)13-11(9(2)3)12(14)15-8-16-13/h8-10H,6-7H2,1-5H3,(H2,14,15,16). The van der Waals surface area contributed by atoms with Crippen LogP contribution in [0.3, 0.4) is 0 Å². The van der Waals surface area contributed by atoms with Crippen molar-refractivity contribution in [2.75, 3.05) is 24.2 Å². The van der Waals surface area contributed by atoms with Crippen molar-refractivity contribution >= 4 is 11.6 Å². The van der Waals surface area contributed by atoms with Gasteiger partial charge in [-0.05, 0) is 11.8 Å². The quantitative estimate of drug-likeness (QED) is 0.854. The highest BCUT2D eigenvalue weighted by atomic mass is 15.2. The van der Waals surface area contributed by atoms with Crippen LogP contribution in [0.1, 0.15) is 45.6 Å². The van der Waals surface area contributed by atoms with E-state index in [4.69, 9.17) is 5.73 Å². The Bertz CT molecular complexity index is 362. The molecule has 0 aromatic carbocycles. The third-order valence-corrected chi connectivity index (χ3v) is 3.12. The normalized spacial score (nSPS) is 12.8. The average Bonchev–Trinajstić information content (AvgIpc) is 2.27. The van der Waals surface area contributed by atoms with Gasteiger partial charge in [0.15, 0.2) is 0 Å². The van der Waals surface area contributed by atoms with E-state index < -0.39 is 0 Å². The fourth-order valence-electron chi connectivity index (χ4n) is 1.94. The summed E-state index contributed by atoms with van der Waals surface area (Å²) in [5.41, 5.74) is 7.00. The first kappa shape index (κ1) is 13.7. The first-order valence-electron chi connectivity index (χ1n) is 6.28. The number of aromatic nitrogens is 2. The van der Waals surface area contributed by atoms with Crippen molar-refractivity contribution < 1.29 is 0 Å². The predicted molar refractivity (Wildman–Crippen MR) is 73.3 cm³/mol. The van der Waals surface area contributed by atoms with E-state index in [0.717, 1.165) is 17.9 Å². The number of nitrogens with zero attached hydrogens (tertiary/aromatic N) is 3. The molecule has 0 saturated heterocycles. The van der Waals surface area contributed by atoms with Crippen molar-refractivity contribution in [1.29, 1.82) is 0 Å². The molecule has 17 heavy (non-hydrogen) atoms. The van der Waals surface area contributed by atoms with Gasteiger partial charge in [0.05, 0.1) is 0 Å². The molecule has 0 aliphatic heterocycles. The zero-order valence-corrected chi connectivity index (χ0v) is 11.6. The summed E-state index contributed by atoms with van der Waals surface area (Å²) < 4.78 is 0. The van der Waals surface area contributed by atoms with Crippen molar-refractivity contribution in [3.63, 3.8) is 0 Å². The number of hydrogen-bond donors (Lipinski definition) is 1. The van der Waals surface area contributed by atoms with E-state index in [-0.39, 0.29) is 0 Å². The lowest BCUT2D eigenvalue weighted by molar-refractivity contribution is 0.556. The van der Waals surface area contributed by atoms with Gasteiger partial charge in [0.1, 0.15) is 18.0 Å². The summed E-state index contributed by atoms with van der Waals surface area (Å²) in [6.07, 6.45) is 2.71. The first-order valence-corrected chi connectivity index (χ1v) is 6.28. The molecule has 0 aliphatic carbocycles. The second-order valence-electron chi connectivity index (χ2n) is 5.04. The van der Waals surface area contributed by atoms with Crippen LogP contribution < -0.4 is 10.6 Å². The van der Waals surface area contributed by atoms with Gasteiger partial charge in [0, 0.05) is 19.2 Å². The van der Waals surface area contributed by atoms with E-state index in [0.29, 0.717) is 17.7 Å². The molecule has 0 aliphatic rings. The Kier molecular flexibility index (Phi) is 4.73. The second kappa shape index (κ2) is 5.84. The van der Waals surface area contributed by atoms with Crippen LogP contribution in [0.4, 0.5) is 11.6 Å². The van der Waals surface area contributed by atoms with Crippen LogP contribution in [-0.2, 0) is 0 Å². The van der Waals surface area contributed by atoms with Crippen LogP contribution in [0.2, 0.25) is 0 Å². The SMILES string of the molecule is CCC(C)CN(C)c1ncnc(N)c1C(C)C. The van der Waals surface area contributed by atoms with E-state index in [1.165, 1.54) is 6.42 Å². The zero-order chi connectivity index (χ0) is 13.0. The van der Waals surface area contributed by atoms with E-state index in [2.05, 4.69) is 49.6 Å². The highest BCUT2D eigenvalue weighted by molar-refractivity contribution is 5.57. The summed E-state index contributed by atoms with van der Waals surface area (Å²) in [7, 11) is 2.07. The molecule has 0 amide bonds. The van der Waals surface area contributed by atoms with Crippen LogP contribution in [-0.4, -0.2) is 23.6 Å². The molecule has 4 heteroatoms. The monoisotopic (exact) mass is 236 g/mol. The molecule has 0 bridgehead atoms. The van der Waals surface area contributed by atoms with Crippen LogP contribution >= 0.6 is 0 Å². The minimum atomic E-state index is 0.339. The van der Waals surface area contributed by atoms with Gasteiger partial charge in [0.25, 0.3) is 0 Å². The van der Waals surface area contributed by atoms with Gasteiger partial charge in [-0.25, -0.2) is 9.97 Å². The van der Waals surface area contributed by atoms with Crippen molar-refractivity contribution in [3.8, 4) is 0 Å². The Morgan fingerprint density at radius 3 is 2.47 bits per heavy atom. The molecule has 0 saturated carbocycles. The zero-order valence-electron chi connectivity index (χ0n) is 11.6. The van der Waals surface area contributed by atoms with Crippen molar-refractivity contribution in [1.82, 2.24) is 9.97 Å². The fourth-order valence-corrected chi connectivity index (χ4v) is 1.94. The number of hydrogen-bond acceptors (Lipinski definition) is 4. The average molecular weight is 236 g/mol. The molecule has 1 heterocycles. The van der Waals surface area contributed by atoms with Gasteiger partial charge in [-0.15, -0.1) is 0 Å². The number of anilines is 2. The van der Waals surface area contributed by atoms with Gasteiger partial charge in [-0.3, -0.25) is 0 Å². The minimum Gasteiger partial charge on any atom is -0.383 e. The third kappa shape index (κ3) is 3.32. The molecule has 2 N–H and O–H groups in total. The van der Waals surface area contributed by atoms with Crippen LogP contribution in [0.25, 0.3) is 0 Å². The Morgan fingerprint density at radius 2 is 1.94 bits per heavy atom. The molecule has 0 spiro atoms. The van der Waals surface area contributed by atoms with E-state index in [9.17, 15) is 0 Å². The van der Waals surface area contributed by atoms with E-state index >= 15 is 0 Å². The Labute approximate surface area is 104 Å². The van der Waals surface area contributed by atoms with Crippen LogP contribution in [0.5, 0.6) is 0 Å². The van der Waals surface area contributed by atoms with Crippen molar-refractivity contribution in [2.24, 2.45) is 5.92 Å². The number of rotatable bonds is 5. The van der Waals surface area contributed by atoms with Gasteiger partial charge in [-0.2, -0.15) is 0 Å². The molecule has 0 radical (unpaired) electrons. The number of nitrogens with two attached hydrogens (primary N) is 1. The van der Waals surface area contributed by atoms with E-state index in [1.54, 1.807) is 6.33 Å². The van der Waals surface area contributed by atoms with Gasteiger partial charge < -0.3 is 10.6 Å². The third-order valence-electron chi connectivity index (χ3n) is 3.12. The minimum absolute atomic E-state index is 0.339. The van der Waals surface area contributed by atoms with Crippen molar-refractivity contribution in [3.05, 3.63) is 11.9 Å². The summed E-state index contributed by atoms with van der Waals surface area (Å²) in [6, 6.07) is 0. The lowest BCUT2D eigenvalue weighted by Crippen LogP contribution is -2.26. The second-order valence-corrected chi connectivity index (χ2v) is 5.04. The molecule has 4 nitrogen and oxygen atoms in total. The summed E-state index contributed by atoms with van der Waals surface area (Å²) in [4.78, 5) is 10.6. The highest BCUT2D eigenvalue weighted by Crippen LogP contribution is 2.28. The molecule has 96 valence electrons. The Morgan fingerprint density at radius 1 is 1.29 bits per heavy atom. The Balaban J connectivity index is 3.00. The summed E-state index contributed by atoms with van der Waals surface area (Å²) in [5, 5.41) is 0. The maximum absolute atomic E-state index is 5.95. The van der Waals surface area contributed by atoms with E-state index in [1.807, 2.05) is 0 Å². The summed E-state index contributed by atoms with van der Waals surface area (Å²) in [6.45, 7) is 9.68. The largest absolute Gasteiger partial charge is 0.383 e. The first-order chi connectivity index (χ1) is 7.97. The molecule has 1 aromatic rings. The lowest BCUT2D eigenvalue weighted by atomic mass is 10.0. The predicted octanol–water partition coefficient (Wildman–Crippen LogP) is 2.66. The molecular weight excluding hydrogens is 212 g/mol. The molecule has 1 atom stereocenters. The van der Waals surface area contributed by atoms with Crippen LogP contribution in [0.15, 0.2) is 6.33 Å². The lowest BCUT2D eigenvalue weighted by Gasteiger charge is -2.25. The molecule has 1 unspecified atom stereocenters. The molecule has 1 rings (SSSR count). The van der Waals surface area contributed by atoms with Crippen molar-refractivity contribution in [2.45, 2.75) is 40.0 Å². The summed E-state index contributed by atoms with van der Waals surface area (Å²) in [5.74, 6) is 2.55. The summed E-state index contributed by atoms with van der Waals surface area (Å²) >= 11 is 0. The fraction of sp³-hybridized carbons (Fsp3) is 0.692. The Hall–Kier alpha value is -1.32. The number of nitrogen functional groups attached to an aromatic ring is 1. The molecule has 0 fully saturated rings. The molecular formula is C13H24N4. The smallest absolute Gasteiger partial charge is 0.137 e. The maximum atomic E-state index is 5.95. The maximum Gasteiger partial charge on any atom is 0.137 e. The van der Waals surface area contributed by atoms with Crippen LogP contribution in [0, 0.1) is 5.92 Å². The van der Waals surface area contributed by atoms with Gasteiger partial charge in [0.2, 0.25) is 0 Å². The highest BCUT2D eigenvalue weighted by Gasteiger charge is 2.17. The van der Waals surface area contributed by atoms with Gasteiger partial charge in [-0.1, -0.05) is 34.1 Å². The topological polar surface area (TPSA) is 55.0 Å².